The van der Waals surface area contributed by atoms with E-state index in [1.807, 2.05) is 30.5 Å². The molecule has 0 fully saturated rings. The van der Waals surface area contributed by atoms with Crippen molar-refractivity contribution in [2.75, 3.05) is 0 Å². The van der Waals surface area contributed by atoms with Gasteiger partial charge in [0.25, 0.3) is 0 Å². The third-order valence-electron chi connectivity index (χ3n) is 3.21. The minimum Gasteiger partial charge on any atom is -0.294 e. The van der Waals surface area contributed by atoms with Crippen molar-refractivity contribution in [1.29, 1.82) is 0 Å². The van der Waals surface area contributed by atoms with Gasteiger partial charge in [0.05, 0.1) is 5.01 Å². The van der Waals surface area contributed by atoms with Crippen molar-refractivity contribution >= 4 is 17.1 Å². The highest BCUT2D eigenvalue weighted by molar-refractivity contribution is 7.09. The Morgan fingerprint density at radius 2 is 2.24 bits per heavy atom. The smallest absolute Gasteiger partial charge is 0.166 e. The summed E-state index contributed by atoms with van der Waals surface area (Å²) in [5, 5.41) is 3.12. The van der Waals surface area contributed by atoms with Gasteiger partial charge in [0.1, 0.15) is 0 Å². The van der Waals surface area contributed by atoms with E-state index in [1.165, 1.54) is 5.56 Å². The molecule has 2 aromatic rings. The molecule has 3 rings (SSSR count). The van der Waals surface area contributed by atoms with E-state index >= 15 is 0 Å². The summed E-state index contributed by atoms with van der Waals surface area (Å²) >= 11 is 1.65. The van der Waals surface area contributed by atoms with Crippen LogP contribution in [-0.4, -0.2) is 10.8 Å². The zero-order valence-electron chi connectivity index (χ0n) is 9.64. The van der Waals surface area contributed by atoms with E-state index in [-0.39, 0.29) is 11.7 Å². The number of ketones is 1. The highest BCUT2D eigenvalue weighted by Crippen LogP contribution is 2.29. The second kappa shape index (κ2) is 4.08. The monoisotopic (exact) mass is 243 g/mol. The number of thiazole rings is 1. The third-order valence-corrected chi connectivity index (χ3v) is 4.20. The number of aromatic nitrogens is 1. The molecule has 0 N–H and O–H groups in total. The van der Waals surface area contributed by atoms with E-state index in [0.29, 0.717) is 0 Å². The average Bonchev–Trinajstić information content (AvgIpc) is 2.86. The molecule has 1 aliphatic rings. The van der Waals surface area contributed by atoms with Gasteiger partial charge in [-0.25, -0.2) is 4.98 Å². The highest BCUT2D eigenvalue weighted by Gasteiger charge is 2.30. The Hall–Kier alpha value is -1.48. The Kier molecular flexibility index (Phi) is 2.56. The largest absolute Gasteiger partial charge is 0.294 e. The van der Waals surface area contributed by atoms with Crippen molar-refractivity contribution in [2.24, 2.45) is 5.92 Å². The van der Waals surface area contributed by atoms with Crippen LogP contribution >= 0.6 is 11.3 Å². The molecule has 17 heavy (non-hydrogen) atoms. The first-order valence-electron chi connectivity index (χ1n) is 5.77. The molecule has 1 heterocycles. The minimum absolute atomic E-state index is 0.0953. The zero-order valence-corrected chi connectivity index (χ0v) is 10.5. The molecule has 1 unspecified atom stereocenters. The van der Waals surface area contributed by atoms with Gasteiger partial charge in [-0.05, 0) is 18.9 Å². The molecule has 0 aliphatic heterocycles. The lowest BCUT2D eigenvalue weighted by molar-refractivity contribution is 0.0936. The molecule has 3 heteroatoms. The summed E-state index contributed by atoms with van der Waals surface area (Å²) in [6, 6.07) is 7.93. The molecule has 0 amide bonds. The fourth-order valence-electron chi connectivity index (χ4n) is 2.39. The predicted molar refractivity (Wildman–Crippen MR) is 68.5 cm³/mol. The maximum atomic E-state index is 12.2. The zero-order chi connectivity index (χ0) is 11.8. The summed E-state index contributed by atoms with van der Waals surface area (Å²) < 4.78 is 0. The maximum Gasteiger partial charge on any atom is 0.166 e. The molecule has 2 nitrogen and oxygen atoms in total. The SMILES string of the molecule is Cc1csc(CC2Cc3ccccc3C2=O)n1. The van der Waals surface area contributed by atoms with Crippen LogP contribution in [0.15, 0.2) is 29.6 Å². The van der Waals surface area contributed by atoms with Crippen LogP contribution in [0.25, 0.3) is 0 Å². The molecule has 1 atom stereocenters. The van der Waals surface area contributed by atoms with Crippen LogP contribution in [0.1, 0.15) is 26.6 Å². The fraction of sp³-hybridized carbons (Fsp3) is 0.286. The van der Waals surface area contributed by atoms with Crippen LogP contribution in [0.2, 0.25) is 0 Å². The summed E-state index contributed by atoms with van der Waals surface area (Å²) in [4.78, 5) is 16.6. The van der Waals surface area contributed by atoms with Gasteiger partial charge in [0.15, 0.2) is 5.78 Å². The Bertz CT molecular complexity index is 573. The van der Waals surface area contributed by atoms with Crippen LogP contribution in [-0.2, 0) is 12.8 Å². The number of aryl methyl sites for hydroxylation is 1. The first kappa shape index (κ1) is 10.7. The van der Waals surface area contributed by atoms with Crippen LogP contribution < -0.4 is 0 Å². The molecule has 1 aromatic heterocycles. The van der Waals surface area contributed by atoms with Crippen LogP contribution in [0.3, 0.4) is 0 Å². The van der Waals surface area contributed by atoms with E-state index in [1.54, 1.807) is 11.3 Å². The number of fused-ring (bicyclic) bond motifs is 1. The minimum atomic E-state index is 0.0953. The van der Waals surface area contributed by atoms with Crippen molar-refractivity contribution in [3.05, 3.63) is 51.5 Å². The first-order valence-corrected chi connectivity index (χ1v) is 6.65. The number of Topliss-reactive ketones (excluding diaryl/α,β-unsaturated/α-hetero) is 1. The van der Waals surface area contributed by atoms with Gasteiger partial charge in [-0.15, -0.1) is 11.3 Å². The standard InChI is InChI=1S/C14H13NOS/c1-9-8-17-13(15-9)7-11-6-10-4-2-3-5-12(10)14(11)16/h2-5,8,11H,6-7H2,1H3. The molecule has 1 aliphatic carbocycles. The highest BCUT2D eigenvalue weighted by atomic mass is 32.1. The Labute approximate surface area is 104 Å². The molecular weight excluding hydrogens is 230 g/mol. The molecule has 1 aromatic carbocycles. The topological polar surface area (TPSA) is 30.0 Å². The number of hydrogen-bond acceptors (Lipinski definition) is 3. The quantitative estimate of drug-likeness (QED) is 0.811. The van der Waals surface area contributed by atoms with Crippen LogP contribution in [0, 0.1) is 12.8 Å². The molecule has 0 bridgehead atoms. The third kappa shape index (κ3) is 1.91. The van der Waals surface area contributed by atoms with Crippen molar-refractivity contribution in [1.82, 2.24) is 4.98 Å². The predicted octanol–water partition coefficient (Wildman–Crippen LogP) is 3.05. The Morgan fingerprint density at radius 1 is 1.41 bits per heavy atom. The summed E-state index contributed by atoms with van der Waals surface area (Å²) in [6.07, 6.45) is 1.65. The molecular formula is C14H13NOS. The van der Waals surface area contributed by atoms with E-state index in [9.17, 15) is 4.79 Å². The lowest BCUT2D eigenvalue weighted by Crippen LogP contribution is -2.12. The number of carbonyl (C=O) groups is 1. The number of carbonyl (C=O) groups excluding carboxylic acids is 1. The van der Waals surface area contributed by atoms with Gasteiger partial charge in [-0.3, -0.25) is 4.79 Å². The number of benzene rings is 1. The lowest BCUT2D eigenvalue weighted by atomic mass is 10.0. The summed E-state index contributed by atoms with van der Waals surface area (Å²) in [5.41, 5.74) is 3.15. The number of rotatable bonds is 2. The van der Waals surface area contributed by atoms with E-state index in [0.717, 1.165) is 29.1 Å². The van der Waals surface area contributed by atoms with Crippen molar-refractivity contribution in [3.8, 4) is 0 Å². The van der Waals surface area contributed by atoms with Gasteiger partial charge in [-0.2, -0.15) is 0 Å². The molecule has 86 valence electrons. The van der Waals surface area contributed by atoms with Gasteiger partial charge in [-0.1, -0.05) is 24.3 Å². The molecule has 0 spiro atoms. The summed E-state index contributed by atoms with van der Waals surface area (Å²) in [7, 11) is 0. The van der Waals surface area contributed by atoms with Gasteiger partial charge >= 0.3 is 0 Å². The first-order chi connectivity index (χ1) is 8.24. The van der Waals surface area contributed by atoms with Crippen LogP contribution in [0.5, 0.6) is 0 Å². The van der Waals surface area contributed by atoms with Crippen LogP contribution in [0.4, 0.5) is 0 Å². The van der Waals surface area contributed by atoms with E-state index in [4.69, 9.17) is 0 Å². The van der Waals surface area contributed by atoms with Crippen molar-refractivity contribution in [2.45, 2.75) is 19.8 Å². The molecule has 0 saturated carbocycles. The fourth-order valence-corrected chi connectivity index (χ4v) is 3.24. The summed E-state index contributed by atoms with van der Waals surface area (Å²) in [5.74, 6) is 0.381. The van der Waals surface area contributed by atoms with Crippen molar-refractivity contribution in [3.63, 3.8) is 0 Å². The van der Waals surface area contributed by atoms with Gasteiger partial charge < -0.3 is 0 Å². The van der Waals surface area contributed by atoms with Crippen molar-refractivity contribution < 1.29 is 4.79 Å². The van der Waals surface area contributed by atoms with Gasteiger partial charge in [0, 0.05) is 29.0 Å². The lowest BCUT2D eigenvalue weighted by Gasteiger charge is -2.04. The average molecular weight is 243 g/mol. The molecule has 0 radical (unpaired) electrons. The Balaban J connectivity index is 1.82. The number of hydrogen-bond donors (Lipinski definition) is 0. The molecule has 0 saturated heterocycles. The normalized spacial score (nSPS) is 18.4. The van der Waals surface area contributed by atoms with Gasteiger partial charge in [0.2, 0.25) is 0 Å². The van der Waals surface area contributed by atoms with E-state index < -0.39 is 0 Å². The summed E-state index contributed by atoms with van der Waals surface area (Å²) in [6.45, 7) is 1.99. The Morgan fingerprint density at radius 3 is 2.94 bits per heavy atom. The maximum absolute atomic E-state index is 12.2. The number of nitrogens with zero attached hydrogens (tertiary/aromatic N) is 1. The second-order valence-corrected chi connectivity index (χ2v) is 5.45. The second-order valence-electron chi connectivity index (χ2n) is 4.51. The van der Waals surface area contributed by atoms with E-state index in [2.05, 4.69) is 11.1 Å².